The van der Waals surface area contributed by atoms with Crippen LogP contribution in [0.1, 0.15) is 583 Å². The smallest absolute Gasteiger partial charge is 0.414 e. The summed E-state index contributed by atoms with van der Waals surface area (Å²) in [7, 11) is 0. The first-order chi connectivity index (χ1) is 55.6. The summed E-state index contributed by atoms with van der Waals surface area (Å²) < 4.78 is 171. The number of rotatable bonds is 52. The van der Waals surface area contributed by atoms with E-state index in [9.17, 15) is 72.3 Å². The number of benzene rings is 1. The van der Waals surface area contributed by atoms with E-state index in [0.29, 0.717) is 31.8 Å². The van der Waals surface area contributed by atoms with Gasteiger partial charge in [0.15, 0.2) is 29.4 Å². The SMILES string of the molecule is C.C.C.C.C.C.C.C.C.C.C.C.C.C.C.C.CCC(C)OC(C)C(F)(F)F.CCC(C)OCC(F)(F)F.CCC(C)c1c(F)c(F)c(F)c(F)c1F.CCCC(CCC)OC(=O)C(C)(C)CC.CCCCC(CC)COC(=O)C(C)(C)CC.CCCCC(CCCC)OC(=O)C(C)(C)CC.CCCCCC(CCCCC)OC(=O)C(C)(C)CC.CCCCCCC(CC)OC(=O)C(C)(C)CC. The van der Waals surface area contributed by atoms with E-state index in [0.717, 1.165) is 135 Å². The van der Waals surface area contributed by atoms with E-state index in [1.165, 1.54) is 90.4 Å². The molecule has 6 atom stereocenters. The predicted molar refractivity (Wildman–Crippen MR) is 581 cm³/mol. The van der Waals surface area contributed by atoms with Crippen LogP contribution in [0.3, 0.4) is 0 Å². The summed E-state index contributed by atoms with van der Waals surface area (Å²) in [6.45, 7) is 61.7. The molecule has 0 radical (unpaired) electrons. The van der Waals surface area contributed by atoms with Crippen LogP contribution in [0.5, 0.6) is 0 Å². The molecule has 0 bridgehead atoms. The molecule has 0 aliphatic carbocycles. The number of hydrogen-bond acceptors (Lipinski definition) is 12. The highest BCUT2D eigenvalue weighted by Gasteiger charge is 2.39. The third-order valence-electron chi connectivity index (χ3n) is 22.3. The quantitative estimate of drug-likeness (QED) is 0.0153. The van der Waals surface area contributed by atoms with E-state index in [1.807, 2.05) is 104 Å². The van der Waals surface area contributed by atoms with Crippen molar-refractivity contribution in [2.75, 3.05) is 13.2 Å². The van der Waals surface area contributed by atoms with Crippen molar-refractivity contribution in [2.45, 2.75) is 633 Å². The number of alkyl halides is 6. The summed E-state index contributed by atoms with van der Waals surface area (Å²) >= 11 is 0. The van der Waals surface area contributed by atoms with Crippen molar-refractivity contribution in [3.8, 4) is 0 Å². The minimum absolute atomic E-state index is 0. The molecular weight excluding hydrogens is 1760 g/mol. The maximum atomic E-state index is 13.1. The molecule has 136 heavy (non-hydrogen) atoms. The van der Waals surface area contributed by atoms with Gasteiger partial charge in [-0.2, -0.15) is 26.3 Å². The van der Waals surface area contributed by atoms with E-state index in [2.05, 4.69) is 78.7 Å². The largest absolute Gasteiger partial charge is 0.465 e. The van der Waals surface area contributed by atoms with Crippen molar-refractivity contribution >= 4 is 29.8 Å². The molecule has 0 heterocycles. The second kappa shape index (κ2) is 108. The Morgan fingerprint density at radius 1 is 0.279 bits per heavy atom. The number of esters is 5. The molecule has 0 aromatic heterocycles. The number of unbranched alkanes of at least 4 members (excludes halogenated alkanes) is 10. The van der Waals surface area contributed by atoms with Crippen LogP contribution in [-0.4, -0.2) is 98.1 Å². The highest BCUT2D eigenvalue weighted by molar-refractivity contribution is 5.77. The van der Waals surface area contributed by atoms with Gasteiger partial charge in [0.25, 0.3) is 0 Å². The second-order valence-electron chi connectivity index (χ2n) is 35.4. The Morgan fingerprint density at radius 3 is 0.794 bits per heavy atom. The van der Waals surface area contributed by atoms with E-state index < -0.39 is 65.6 Å². The van der Waals surface area contributed by atoms with E-state index in [4.69, 9.17) is 23.7 Å². The molecule has 1 rings (SSSR count). The monoisotopic (exact) mass is 2000 g/mol. The number of ether oxygens (including phenoxy) is 7. The Morgan fingerprint density at radius 2 is 0.537 bits per heavy atom. The maximum absolute atomic E-state index is 13.1. The molecule has 1 aromatic carbocycles. The molecule has 0 amide bonds. The van der Waals surface area contributed by atoms with Gasteiger partial charge in [0, 0.05) is 5.56 Å². The van der Waals surface area contributed by atoms with Gasteiger partial charge in [-0.25, -0.2) is 22.0 Å². The van der Waals surface area contributed by atoms with Gasteiger partial charge >= 0.3 is 42.2 Å². The van der Waals surface area contributed by atoms with Gasteiger partial charge in [-0.1, -0.05) is 353 Å². The lowest BCUT2D eigenvalue weighted by Gasteiger charge is -2.25. The van der Waals surface area contributed by atoms with Gasteiger partial charge in [-0.05, 0) is 230 Å². The minimum Gasteiger partial charge on any atom is -0.465 e. The molecule has 0 saturated carbocycles. The van der Waals surface area contributed by atoms with Crippen LogP contribution >= 0.6 is 0 Å². The molecule has 23 heteroatoms. The highest BCUT2D eigenvalue weighted by atomic mass is 19.4. The van der Waals surface area contributed by atoms with Crippen LogP contribution < -0.4 is 0 Å². The number of hydrogen-bond donors (Lipinski definition) is 0. The average Bonchev–Trinajstić information content (AvgIpc) is 0.788. The summed E-state index contributed by atoms with van der Waals surface area (Å²) in [5.41, 5.74) is -2.42. The van der Waals surface area contributed by atoms with Crippen LogP contribution in [0, 0.1) is 62.1 Å². The van der Waals surface area contributed by atoms with Crippen LogP contribution in [0.15, 0.2) is 0 Å². The van der Waals surface area contributed by atoms with Crippen molar-refractivity contribution in [1.82, 2.24) is 0 Å². The third kappa shape index (κ3) is 95.9. The van der Waals surface area contributed by atoms with E-state index in [1.54, 1.807) is 34.6 Å². The van der Waals surface area contributed by atoms with Gasteiger partial charge in [-0.15, -0.1) is 0 Å². The fourth-order valence-electron chi connectivity index (χ4n) is 10.1. The van der Waals surface area contributed by atoms with E-state index >= 15 is 0 Å². The van der Waals surface area contributed by atoms with Crippen LogP contribution in [0.25, 0.3) is 0 Å². The fourth-order valence-corrected chi connectivity index (χ4v) is 10.1. The normalized spacial score (nSPS) is 11.8. The molecule has 846 valence electrons. The van der Waals surface area contributed by atoms with E-state index in [-0.39, 0.29) is 212 Å². The van der Waals surface area contributed by atoms with Crippen LogP contribution in [0.4, 0.5) is 48.3 Å². The molecule has 1 aromatic rings. The number of carbonyl (C=O) groups is 5. The van der Waals surface area contributed by atoms with Gasteiger partial charge in [-0.3, -0.25) is 24.0 Å². The predicted octanol–water partition coefficient (Wildman–Crippen LogP) is 42.2. The topological polar surface area (TPSA) is 150 Å². The number of halogens is 11. The molecule has 0 spiro atoms. The minimum atomic E-state index is -4.23. The molecule has 12 nitrogen and oxygen atoms in total. The first kappa shape index (κ1) is 190. The Balaban J connectivity index is -0.0000000505. The molecule has 0 fully saturated rings. The first-order valence-corrected chi connectivity index (χ1v) is 46.5. The lowest BCUT2D eigenvalue weighted by Crippen LogP contribution is -2.31. The number of carbonyl (C=O) groups excluding carboxylic acids is 5. The molecule has 0 aliphatic heterocycles. The van der Waals surface area contributed by atoms with Crippen molar-refractivity contribution in [3.63, 3.8) is 0 Å². The Hall–Kier alpha value is -4.28. The van der Waals surface area contributed by atoms with Crippen molar-refractivity contribution in [3.05, 3.63) is 34.6 Å². The summed E-state index contributed by atoms with van der Waals surface area (Å²) in [5.74, 6) is -9.72. The first-order valence-electron chi connectivity index (χ1n) is 46.5. The summed E-state index contributed by atoms with van der Waals surface area (Å²) in [5, 5.41) is 0. The van der Waals surface area contributed by atoms with Crippen LogP contribution in [0.2, 0.25) is 0 Å². The van der Waals surface area contributed by atoms with Crippen LogP contribution in [-0.2, 0) is 57.1 Å². The van der Waals surface area contributed by atoms with Crippen molar-refractivity contribution in [2.24, 2.45) is 33.0 Å². The summed E-state index contributed by atoms with van der Waals surface area (Å²) in [6, 6.07) is 0. The lowest BCUT2D eigenvalue weighted by atomic mass is 9.90. The summed E-state index contributed by atoms with van der Waals surface area (Å²) in [4.78, 5) is 59.7. The van der Waals surface area contributed by atoms with Gasteiger partial charge < -0.3 is 33.2 Å². The van der Waals surface area contributed by atoms with Gasteiger partial charge in [0.1, 0.15) is 31.0 Å². The molecule has 0 saturated heterocycles. The zero-order chi connectivity index (χ0) is 94.9. The highest BCUT2D eigenvalue weighted by Crippen LogP contribution is 2.33. The maximum Gasteiger partial charge on any atom is 0.414 e. The van der Waals surface area contributed by atoms with Crippen molar-refractivity contribution in [1.29, 1.82) is 0 Å². The lowest BCUT2D eigenvalue weighted by molar-refractivity contribution is -0.225. The zero-order valence-electron chi connectivity index (χ0n) is 82.1. The third-order valence-corrected chi connectivity index (χ3v) is 22.3. The summed E-state index contributed by atoms with van der Waals surface area (Å²) in [6.07, 6.45) is 27.2. The Labute approximate surface area is 844 Å². The molecule has 0 N–H and O–H groups in total. The Bertz CT molecular complexity index is 2630. The molecular formula is C113H245F11O12. The second-order valence-corrected chi connectivity index (χ2v) is 35.4. The molecule has 6 unspecified atom stereocenters. The fraction of sp³-hybridized carbons (Fsp3) is 0.903. The Kier molecular flexibility index (Phi) is 151. The van der Waals surface area contributed by atoms with Gasteiger partial charge in [0.05, 0.1) is 45.9 Å². The standard InChI is InChI=1S/C17H34O2.2C15H30O2.C14H28O2.C13H26O2.C10H9F5.C7H13F3O.C6H11F3O.16CH4/c1-6-9-11-13-15(14-12-10-7-2)19-16(18)17(4,5)8-3;1-6-9-10-11-12-13(7-2)17-14(16)15(4,5)8-3;1-6-9-11-13(12-10-7-2)17-14(16)15(4,5)8-3;1-6-9-10-12(7-2)11-16-13(15)14(4,5)8-3;1-6-9-11(10-7-2)15-12(14)13(4,5)8-3;1-3-4(2)5-6(11)8(13)10(15)9(14)7(5)12;1-4-5(2)11-6(3)7(8,9)10;1-3-5(2)10-4-6(7,8)9;;;;;;;;;;;;;;;;/h15H,6-14H2,1-5H3;2*13H,6-12H2,1-5H3;12H,6-11H2,1-5H3;11H,6-10H2,1-5H3;4H,3H2,1-2H3;5-6H,4H2,1-3H3;5H,3-4H2,1-2H3;16*1H4. The average molecular weight is 2010 g/mol. The molecule has 0 aliphatic rings. The van der Waals surface area contributed by atoms with Gasteiger partial charge in [0.2, 0.25) is 5.82 Å². The zero-order valence-corrected chi connectivity index (χ0v) is 82.1. The van der Waals surface area contributed by atoms with Crippen molar-refractivity contribution < 1.29 is 105 Å².